The van der Waals surface area contributed by atoms with E-state index in [0.29, 0.717) is 39.2 Å². The number of nitrogens with zero attached hydrogens (tertiary/aromatic N) is 1. The lowest BCUT2D eigenvalue weighted by Gasteiger charge is -2.12. The average Bonchev–Trinajstić information content (AvgIpc) is 3.22. The minimum Gasteiger partial charge on any atom is -0.493 e. The van der Waals surface area contributed by atoms with Crippen molar-refractivity contribution in [3.63, 3.8) is 0 Å². The molecule has 0 amide bonds. The molecule has 4 aromatic rings. The Bertz CT molecular complexity index is 1500. The summed E-state index contributed by atoms with van der Waals surface area (Å²) in [5.41, 5.74) is 2.12. The summed E-state index contributed by atoms with van der Waals surface area (Å²) in [4.78, 5) is 12.3. The third-order valence-corrected chi connectivity index (χ3v) is 7.23. The second-order valence-corrected chi connectivity index (χ2v) is 9.30. The maximum Gasteiger partial charge on any atom is 0.330 e. The van der Waals surface area contributed by atoms with Crippen molar-refractivity contribution < 1.29 is 27.4 Å². The molecular weight excluding hydrogens is 466 g/mol. The van der Waals surface area contributed by atoms with Crippen molar-refractivity contribution in [3.05, 3.63) is 84.6 Å². The second kappa shape index (κ2) is 10.1. The largest absolute Gasteiger partial charge is 0.493 e. The Labute approximate surface area is 204 Å². The molecule has 0 saturated heterocycles. The molecule has 0 fully saturated rings. The van der Waals surface area contributed by atoms with Crippen LogP contribution >= 0.6 is 0 Å². The van der Waals surface area contributed by atoms with Gasteiger partial charge in [0.15, 0.2) is 11.5 Å². The topological polar surface area (TPSA) is 83.8 Å². The van der Waals surface area contributed by atoms with Gasteiger partial charge in [-0.3, -0.25) is 0 Å². The summed E-state index contributed by atoms with van der Waals surface area (Å²) in [6.45, 7) is 1.91. The zero-order valence-corrected chi connectivity index (χ0v) is 20.4. The Morgan fingerprint density at radius 1 is 0.914 bits per heavy atom. The Morgan fingerprint density at radius 3 is 2.29 bits per heavy atom. The van der Waals surface area contributed by atoms with E-state index in [4.69, 9.17) is 14.2 Å². The number of carbonyl (C=O) groups excluding carboxylic acids is 1. The maximum atomic E-state index is 13.9. The number of ether oxygens (including phenoxy) is 3. The number of carbonyl (C=O) groups is 1. The fourth-order valence-electron chi connectivity index (χ4n) is 3.97. The Balaban J connectivity index is 2.09. The van der Waals surface area contributed by atoms with Crippen LogP contribution in [-0.4, -0.2) is 39.2 Å². The molecular formula is C27H25NO6S. The predicted molar refractivity (Wildman–Crippen MR) is 135 cm³/mol. The lowest BCUT2D eigenvalue weighted by molar-refractivity contribution is -0.137. The highest BCUT2D eigenvalue weighted by molar-refractivity contribution is 7.90. The Kier molecular flexibility index (Phi) is 6.93. The zero-order valence-electron chi connectivity index (χ0n) is 19.6. The third-order valence-electron chi connectivity index (χ3n) is 5.48. The second-order valence-electron chi connectivity index (χ2n) is 7.52. The lowest BCUT2D eigenvalue weighted by Crippen LogP contribution is -2.14. The Hall–Kier alpha value is -4.04. The van der Waals surface area contributed by atoms with Gasteiger partial charge in [0.05, 0.1) is 36.9 Å². The van der Waals surface area contributed by atoms with Crippen LogP contribution in [0.5, 0.6) is 11.5 Å². The highest BCUT2D eigenvalue weighted by atomic mass is 32.2. The summed E-state index contributed by atoms with van der Waals surface area (Å²) in [6, 6.07) is 20.7. The smallest absolute Gasteiger partial charge is 0.330 e. The normalized spacial score (nSPS) is 11.6. The number of hydrogen-bond donors (Lipinski definition) is 0. The van der Waals surface area contributed by atoms with Gasteiger partial charge in [-0.15, -0.1) is 0 Å². The van der Waals surface area contributed by atoms with Gasteiger partial charge in [0.2, 0.25) is 0 Å². The van der Waals surface area contributed by atoms with E-state index < -0.39 is 16.0 Å². The molecule has 3 aromatic carbocycles. The fraction of sp³-hybridized carbons (Fsp3) is 0.148. The summed E-state index contributed by atoms with van der Waals surface area (Å²) in [5.74, 6) is 0.466. The average molecular weight is 492 g/mol. The molecule has 0 N–H and O–H groups in total. The van der Waals surface area contributed by atoms with E-state index in [1.807, 2.05) is 18.2 Å². The highest BCUT2D eigenvalue weighted by Crippen LogP contribution is 2.41. The van der Waals surface area contributed by atoms with Crippen molar-refractivity contribution in [2.75, 3.05) is 20.8 Å². The van der Waals surface area contributed by atoms with E-state index in [-0.39, 0.29) is 11.5 Å². The van der Waals surface area contributed by atoms with Crippen LogP contribution in [0.2, 0.25) is 0 Å². The molecule has 0 bridgehead atoms. The minimum atomic E-state index is -4.01. The van der Waals surface area contributed by atoms with E-state index >= 15 is 0 Å². The first-order valence-electron chi connectivity index (χ1n) is 10.9. The van der Waals surface area contributed by atoms with Gasteiger partial charge in [-0.25, -0.2) is 17.2 Å². The van der Waals surface area contributed by atoms with E-state index in [1.165, 1.54) is 23.2 Å². The van der Waals surface area contributed by atoms with Crippen LogP contribution in [-0.2, 0) is 19.6 Å². The molecule has 0 saturated carbocycles. The van der Waals surface area contributed by atoms with Gasteiger partial charge in [-0.1, -0.05) is 42.5 Å². The van der Waals surface area contributed by atoms with Gasteiger partial charge in [-0.2, -0.15) is 0 Å². The molecule has 180 valence electrons. The van der Waals surface area contributed by atoms with Gasteiger partial charge in [0.1, 0.15) is 0 Å². The third kappa shape index (κ3) is 4.52. The summed E-state index contributed by atoms with van der Waals surface area (Å²) < 4.78 is 44.9. The molecule has 1 aromatic heterocycles. The fourth-order valence-corrected chi connectivity index (χ4v) is 5.51. The molecule has 8 heteroatoms. The van der Waals surface area contributed by atoms with E-state index in [2.05, 4.69) is 0 Å². The Morgan fingerprint density at radius 2 is 1.60 bits per heavy atom. The van der Waals surface area contributed by atoms with Crippen LogP contribution in [0, 0.1) is 0 Å². The number of para-hydroxylation sites is 1. The van der Waals surface area contributed by atoms with Crippen LogP contribution in [0.1, 0.15) is 12.6 Å². The first-order valence-corrected chi connectivity index (χ1v) is 12.4. The quantitative estimate of drug-likeness (QED) is 0.251. The van der Waals surface area contributed by atoms with Crippen LogP contribution in [0.4, 0.5) is 0 Å². The molecule has 0 aliphatic rings. The van der Waals surface area contributed by atoms with Gasteiger partial charge < -0.3 is 14.2 Å². The number of aromatic nitrogens is 1. The molecule has 0 atom stereocenters. The van der Waals surface area contributed by atoms with Crippen molar-refractivity contribution in [3.8, 4) is 22.6 Å². The molecule has 0 aliphatic heterocycles. The number of methoxy groups -OCH3 is 2. The van der Waals surface area contributed by atoms with Gasteiger partial charge in [0, 0.05) is 17.0 Å². The molecule has 0 radical (unpaired) electrons. The van der Waals surface area contributed by atoms with Gasteiger partial charge >= 0.3 is 5.97 Å². The number of esters is 1. The molecule has 1 heterocycles. The monoisotopic (exact) mass is 491 g/mol. The minimum absolute atomic E-state index is 0.130. The van der Waals surface area contributed by atoms with Gasteiger partial charge in [0.25, 0.3) is 10.0 Å². The van der Waals surface area contributed by atoms with Crippen LogP contribution in [0.25, 0.3) is 28.1 Å². The molecule has 7 nitrogen and oxygen atoms in total. The van der Waals surface area contributed by atoms with Crippen LogP contribution in [0.15, 0.2) is 83.8 Å². The van der Waals surface area contributed by atoms with E-state index in [9.17, 15) is 13.2 Å². The SMILES string of the molecule is CCOC(=O)/C=C/c1c(-c2ccc(OC)c(OC)c2)c2ccccc2n1S(=O)(=O)c1ccccc1. The summed E-state index contributed by atoms with van der Waals surface area (Å²) >= 11 is 0. The molecule has 0 spiro atoms. The molecule has 0 unspecified atom stereocenters. The molecule has 35 heavy (non-hydrogen) atoms. The van der Waals surface area contributed by atoms with E-state index in [0.717, 1.165) is 0 Å². The zero-order chi connectivity index (χ0) is 25.0. The van der Waals surface area contributed by atoms with Crippen LogP contribution in [0.3, 0.4) is 0 Å². The standard InChI is InChI=1S/C27H25NO6S/c1-4-34-26(29)17-15-23-27(19-14-16-24(32-2)25(18-19)33-3)21-12-8-9-13-22(21)28(23)35(30,31)20-10-6-5-7-11-20/h5-18H,4H2,1-3H3/b17-15+. The highest BCUT2D eigenvalue weighted by Gasteiger charge is 2.27. The number of fused-ring (bicyclic) bond motifs is 1. The lowest BCUT2D eigenvalue weighted by atomic mass is 10.0. The molecule has 0 aliphatic carbocycles. The maximum absolute atomic E-state index is 13.9. The van der Waals surface area contributed by atoms with Crippen molar-refractivity contribution in [2.45, 2.75) is 11.8 Å². The van der Waals surface area contributed by atoms with Gasteiger partial charge in [-0.05, 0) is 48.9 Å². The van der Waals surface area contributed by atoms with Crippen molar-refractivity contribution in [2.24, 2.45) is 0 Å². The summed E-state index contributed by atoms with van der Waals surface area (Å²) in [6.07, 6.45) is 2.71. The first-order chi connectivity index (χ1) is 16.9. The summed E-state index contributed by atoms with van der Waals surface area (Å²) in [7, 11) is -0.936. The van der Waals surface area contributed by atoms with Crippen molar-refractivity contribution in [1.29, 1.82) is 0 Å². The predicted octanol–water partition coefficient (Wildman–Crippen LogP) is 5.14. The van der Waals surface area contributed by atoms with Crippen molar-refractivity contribution >= 4 is 33.0 Å². The summed E-state index contributed by atoms with van der Waals surface area (Å²) in [5, 5.41) is 0.697. The van der Waals surface area contributed by atoms with Crippen molar-refractivity contribution in [1.82, 2.24) is 3.97 Å². The number of benzene rings is 3. The number of rotatable bonds is 8. The molecule has 4 rings (SSSR count). The van der Waals surface area contributed by atoms with Crippen LogP contribution < -0.4 is 9.47 Å². The van der Waals surface area contributed by atoms with E-state index in [1.54, 1.807) is 68.6 Å². The number of hydrogen-bond acceptors (Lipinski definition) is 6. The first kappa shape index (κ1) is 24.1.